The molecule has 0 bridgehead atoms. The van der Waals surface area contributed by atoms with Crippen molar-refractivity contribution in [1.82, 2.24) is 0 Å². The molecular formula is C14H15BrO4. The first kappa shape index (κ1) is 15.4. The van der Waals surface area contributed by atoms with Gasteiger partial charge < -0.3 is 9.84 Å². The van der Waals surface area contributed by atoms with Crippen LogP contribution in [0.4, 0.5) is 0 Å². The van der Waals surface area contributed by atoms with Gasteiger partial charge in [-0.2, -0.15) is 0 Å². The van der Waals surface area contributed by atoms with Crippen molar-refractivity contribution in [2.24, 2.45) is 0 Å². The van der Waals surface area contributed by atoms with Crippen LogP contribution in [0.15, 0.2) is 16.6 Å². The van der Waals surface area contributed by atoms with Gasteiger partial charge in [-0.3, -0.25) is 4.79 Å². The standard InChI is InChI=1S/C14H15BrO4/c1-7-8(2)14(19-4)12(9(3)13(7)15)10(16)5-6-11(17)18/h5-6H,1-4H3,(H,17,18)/b6-5+. The molecule has 0 aliphatic carbocycles. The average molecular weight is 327 g/mol. The Labute approximate surface area is 120 Å². The highest BCUT2D eigenvalue weighted by molar-refractivity contribution is 9.10. The van der Waals surface area contributed by atoms with E-state index in [9.17, 15) is 9.59 Å². The van der Waals surface area contributed by atoms with Crippen molar-refractivity contribution in [2.75, 3.05) is 7.11 Å². The maximum Gasteiger partial charge on any atom is 0.328 e. The zero-order valence-electron chi connectivity index (χ0n) is 11.2. The van der Waals surface area contributed by atoms with Crippen LogP contribution in [-0.2, 0) is 4.79 Å². The van der Waals surface area contributed by atoms with Gasteiger partial charge >= 0.3 is 5.97 Å². The van der Waals surface area contributed by atoms with Gasteiger partial charge in [-0.25, -0.2) is 4.79 Å². The highest BCUT2D eigenvalue weighted by Gasteiger charge is 2.20. The molecule has 19 heavy (non-hydrogen) atoms. The second-order valence-corrected chi connectivity index (χ2v) is 4.93. The first-order valence-electron chi connectivity index (χ1n) is 5.59. The molecule has 0 amide bonds. The van der Waals surface area contributed by atoms with E-state index in [0.717, 1.165) is 33.3 Å². The van der Waals surface area contributed by atoms with Gasteiger partial charge in [-0.05, 0) is 43.5 Å². The van der Waals surface area contributed by atoms with Crippen LogP contribution in [0.25, 0.3) is 0 Å². The number of ether oxygens (including phenoxy) is 1. The minimum absolute atomic E-state index is 0.384. The van der Waals surface area contributed by atoms with E-state index in [4.69, 9.17) is 9.84 Å². The molecule has 102 valence electrons. The second-order valence-electron chi connectivity index (χ2n) is 4.13. The van der Waals surface area contributed by atoms with E-state index in [1.165, 1.54) is 7.11 Å². The number of benzene rings is 1. The maximum atomic E-state index is 12.1. The Morgan fingerprint density at radius 2 is 1.68 bits per heavy atom. The molecule has 1 aromatic rings. The van der Waals surface area contributed by atoms with Gasteiger partial charge in [-0.15, -0.1) is 0 Å². The number of allylic oxidation sites excluding steroid dienone is 1. The number of ketones is 1. The molecule has 1 N–H and O–H groups in total. The van der Waals surface area contributed by atoms with Crippen LogP contribution in [0, 0.1) is 20.8 Å². The maximum absolute atomic E-state index is 12.1. The summed E-state index contributed by atoms with van der Waals surface area (Å²) in [7, 11) is 1.49. The Kier molecular flexibility index (Phi) is 4.89. The SMILES string of the molecule is COc1c(C)c(C)c(Br)c(C)c1C(=O)/C=C/C(=O)O. The van der Waals surface area contributed by atoms with Crippen molar-refractivity contribution in [2.45, 2.75) is 20.8 Å². The highest BCUT2D eigenvalue weighted by Crippen LogP contribution is 2.36. The van der Waals surface area contributed by atoms with Crippen molar-refractivity contribution in [1.29, 1.82) is 0 Å². The molecule has 0 aliphatic rings. The normalized spacial score (nSPS) is 10.8. The number of aliphatic carboxylic acids is 1. The fourth-order valence-electron chi connectivity index (χ4n) is 1.87. The molecule has 0 aromatic heterocycles. The van der Waals surface area contributed by atoms with Crippen molar-refractivity contribution >= 4 is 27.7 Å². The molecule has 4 nitrogen and oxygen atoms in total. The fraction of sp³-hybridized carbons (Fsp3) is 0.286. The molecule has 1 rings (SSSR count). The third-order valence-corrected chi connectivity index (χ3v) is 4.18. The van der Waals surface area contributed by atoms with Crippen LogP contribution in [0.2, 0.25) is 0 Å². The average Bonchev–Trinajstić information content (AvgIpc) is 2.37. The van der Waals surface area contributed by atoms with E-state index in [2.05, 4.69) is 15.9 Å². The number of carboxylic acids is 1. The predicted octanol–water partition coefficient (Wildman–Crippen LogP) is 3.21. The van der Waals surface area contributed by atoms with Crippen LogP contribution < -0.4 is 4.74 Å². The molecule has 0 saturated carbocycles. The molecule has 0 unspecified atom stereocenters. The summed E-state index contributed by atoms with van der Waals surface area (Å²) in [6.45, 7) is 5.58. The van der Waals surface area contributed by atoms with E-state index >= 15 is 0 Å². The number of methoxy groups -OCH3 is 1. The van der Waals surface area contributed by atoms with Crippen molar-refractivity contribution in [3.63, 3.8) is 0 Å². The fourth-order valence-corrected chi connectivity index (χ4v) is 2.36. The van der Waals surface area contributed by atoms with Crippen LogP contribution >= 0.6 is 15.9 Å². The van der Waals surface area contributed by atoms with E-state index in [-0.39, 0.29) is 5.78 Å². The lowest BCUT2D eigenvalue weighted by molar-refractivity contribution is -0.131. The van der Waals surface area contributed by atoms with Gasteiger partial charge in [0, 0.05) is 10.5 Å². The first-order chi connectivity index (χ1) is 8.81. The van der Waals surface area contributed by atoms with Gasteiger partial charge in [0.15, 0.2) is 5.78 Å². The molecule has 0 saturated heterocycles. The molecule has 0 spiro atoms. The molecular weight excluding hydrogens is 312 g/mol. The van der Waals surface area contributed by atoms with Gasteiger partial charge in [0.05, 0.1) is 12.7 Å². The zero-order chi connectivity index (χ0) is 14.7. The van der Waals surface area contributed by atoms with Crippen molar-refractivity contribution < 1.29 is 19.4 Å². The third kappa shape index (κ3) is 3.04. The molecule has 1 aromatic carbocycles. The van der Waals surface area contributed by atoms with Gasteiger partial charge in [0.2, 0.25) is 0 Å². The summed E-state index contributed by atoms with van der Waals surface area (Å²) in [4.78, 5) is 22.6. The summed E-state index contributed by atoms with van der Waals surface area (Å²) in [5.41, 5.74) is 2.97. The summed E-state index contributed by atoms with van der Waals surface area (Å²) in [5.74, 6) is -1.06. The Hall–Kier alpha value is -1.62. The Balaban J connectivity index is 3.50. The molecule has 5 heteroatoms. The van der Waals surface area contributed by atoms with Crippen LogP contribution in [-0.4, -0.2) is 24.0 Å². The van der Waals surface area contributed by atoms with Crippen molar-refractivity contribution in [3.05, 3.63) is 38.9 Å². The third-order valence-electron chi connectivity index (χ3n) is 2.99. The van der Waals surface area contributed by atoms with E-state index in [0.29, 0.717) is 11.3 Å². The van der Waals surface area contributed by atoms with Gasteiger partial charge in [0.1, 0.15) is 5.75 Å². The largest absolute Gasteiger partial charge is 0.496 e. The Bertz CT molecular complexity index is 574. The first-order valence-corrected chi connectivity index (χ1v) is 6.39. The number of carbonyl (C=O) groups excluding carboxylic acids is 1. The van der Waals surface area contributed by atoms with E-state index in [1.54, 1.807) is 6.92 Å². The van der Waals surface area contributed by atoms with Crippen LogP contribution in [0.1, 0.15) is 27.0 Å². The van der Waals surface area contributed by atoms with Gasteiger partial charge in [-0.1, -0.05) is 15.9 Å². The number of halogens is 1. The Morgan fingerprint density at radius 1 is 1.11 bits per heavy atom. The van der Waals surface area contributed by atoms with E-state index in [1.807, 2.05) is 13.8 Å². The topological polar surface area (TPSA) is 63.6 Å². The number of rotatable bonds is 4. The number of hydrogen-bond acceptors (Lipinski definition) is 3. The van der Waals surface area contributed by atoms with Crippen LogP contribution in [0.5, 0.6) is 5.75 Å². The molecule has 0 heterocycles. The second kappa shape index (κ2) is 6.02. The predicted molar refractivity (Wildman–Crippen MR) is 76.0 cm³/mol. The minimum Gasteiger partial charge on any atom is -0.496 e. The summed E-state index contributed by atoms with van der Waals surface area (Å²) < 4.78 is 6.13. The summed E-state index contributed by atoms with van der Waals surface area (Å²) in [6, 6.07) is 0. The summed E-state index contributed by atoms with van der Waals surface area (Å²) >= 11 is 3.44. The number of carboxylic acid groups (broad SMARTS) is 1. The van der Waals surface area contributed by atoms with Gasteiger partial charge in [0.25, 0.3) is 0 Å². The monoisotopic (exact) mass is 326 g/mol. The van der Waals surface area contributed by atoms with Crippen LogP contribution in [0.3, 0.4) is 0 Å². The lowest BCUT2D eigenvalue weighted by Crippen LogP contribution is -2.07. The smallest absolute Gasteiger partial charge is 0.328 e. The molecule has 0 radical (unpaired) electrons. The zero-order valence-corrected chi connectivity index (χ0v) is 12.8. The number of hydrogen-bond donors (Lipinski definition) is 1. The number of carbonyl (C=O) groups is 2. The summed E-state index contributed by atoms with van der Waals surface area (Å²) in [5, 5.41) is 8.58. The highest BCUT2D eigenvalue weighted by atomic mass is 79.9. The molecule has 0 aliphatic heterocycles. The quantitative estimate of drug-likeness (QED) is 0.681. The molecule has 0 atom stereocenters. The van der Waals surface area contributed by atoms with Crippen molar-refractivity contribution in [3.8, 4) is 5.75 Å². The van der Waals surface area contributed by atoms with E-state index < -0.39 is 5.97 Å². The molecule has 0 fully saturated rings. The Morgan fingerprint density at radius 3 is 2.16 bits per heavy atom. The lowest BCUT2D eigenvalue weighted by Gasteiger charge is -2.17. The minimum atomic E-state index is -1.16. The summed E-state index contributed by atoms with van der Waals surface area (Å²) in [6.07, 6.45) is 1.86. The lowest BCUT2D eigenvalue weighted by atomic mass is 9.96.